The Bertz CT molecular complexity index is 824. The van der Waals surface area contributed by atoms with E-state index in [2.05, 4.69) is 4.98 Å². The maximum Gasteiger partial charge on any atom is 0.340 e. The van der Waals surface area contributed by atoms with Crippen LogP contribution in [0.5, 0.6) is 5.75 Å². The summed E-state index contributed by atoms with van der Waals surface area (Å²) in [6.45, 7) is 1.51. The van der Waals surface area contributed by atoms with Crippen molar-refractivity contribution in [1.82, 2.24) is 9.88 Å². The first-order valence-corrected chi connectivity index (χ1v) is 9.22. The van der Waals surface area contributed by atoms with Gasteiger partial charge in [0.25, 0.3) is 0 Å². The molecule has 0 radical (unpaired) electrons. The van der Waals surface area contributed by atoms with Crippen molar-refractivity contribution >= 4 is 33.5 Å². The number of piperidine rings is 1. The first-order chi connectivity index (χ1) is 12.6. The predicted octanol–water partition coefficient (Wildman–Crippen LogP) is 2.65. The smallest absolute Gasteiger partial charge is 0.340 e. The molecular formula is C18H20N2O5S. The van der Waals surface area contributed by atoms with E-state index in [0.717, 1.165) is 37.1 Å². The van der Waals surface area contributed by atoms with Crippen LogP contribution in [0, 0.1) is 0 Å². The van der Waals surface area contributed by atoms with E-state index in [1.54, 1.807) is 19.1 Å². The molecular weight excluding hydrogens is 356 g/mol. The summed E-state index contributed by atoms with van der Waals surface area (Å²) in [4.78, 5) is 29.1. The van der Waals surface area contributed by atoms with Gasteiger partial charge in [0.2, 0.25) is 6.10 Å². The predicted molar refractivity (Wildman–Crippen MR) is 97.1 cm³/mol. The molecule has 1 aliphatic rings. The summed E-state index contributed by atoms with van der Waals surface area (Å²) in [5.74, 6) is 1.16. The van der Waals surface area contributed by atoms with Crippen LogP contribution in [0.3, 0.4) is 0 Å². The molecule has 0 aliphatic carbocycles. The van der Waals surface area contributed by atoms with Crippen LogP contribution in [0.1, 0.15) is 30.4 Å². The van der Waals surface area contributed by atoms with Crippen LogP contribution in [0.15, 0.2) is 24.3 Å². The third-order valence-electron chi connectivity index (χ3n) is 4.30. The van der Waals surface area contributed by atoms with Crippen molar-refractivity contribution in [2.45, 2.75) is 31.6 Å². The van der Waals surface area contributed by atoms with E-state index in [1.807, 2.05) is 17.0 Å². The molecule has 8 heteroatoms. The lowest BCUT2D eigenvalue weighted by atomic mass is 10.1. The van der Waals surface area contributed by atoms with Gasteiger partial charge in [0, 0.05) is 19.2 Å². The zero-order valence-electron chi connectivity index (χ0n) is 14.4. The molecule has 1 aliphatic heterocycles. The molecule has 3 rings (SSSR count). The number of carboxylic acid groups (broad SMARTS) is 1. The Morgan fingerprint density at radius 2 is 2.15 bits per heavy atom. The van der Waals surface area contributed by atoms with Gasteiger partial charge in [-0.05, 0) is 25.0 Å². The summed E-state index contributed by atoms with van der Waals surface area (Å²) in [6.07, 6.45) is 2.32. The third kappa shape index (κ3) is 3.94. The molecule has 7 nitrogen and oxygen atoms in total. The van der Waals surface area contributed by atoms with Crippen molar-refractivity contribution < 1.29 is 24.2 Å². The van der Waals surface area contributed by atoms with Gasteiger partial charge in [0.15, 0.2) is 0 Å². The third-order valence-corrected chi connectivity index (χ3v) is 5.37. The van der Waals surface area contributed by atoms with Crippen LogP contribution in [0.25, 0.3) is 10.2 Å². The minimum absolute atomic E-state index is 0.318. The van der Waals surface area contributed by atoms with Gasteiger partial charge in [-0.2, -0.15) is 0 Å². The lowest BCUT2D eigenvalue weighted by molar-refractivity contribution is -0.160. The number of carbonyl (C=O) groups is 1. The molecule has 2 heterocycles. The molecule has 0 amide bonds. The summed E-state index contributed by atoms with van der Waals surface area (Å²) in [6, 6.07) is 5.45. The maximum atomic E-state index is 11.8. The number of aromatic nitrogens is 1. The number of thiazole rings is 1. The minimum atomic E-state index is -1.27. The van der Waals surface area contributed by atoms with E-state index < -0.39 is 18.3 Å². The summed E-state index contributed by atoms with van der Waals surface area (Å²) < 4.78 is 11.9. The van der Waals surface area contributed by atoms with Gasteiger partial charge in [-0.25, -0.2) is 14.6 Å². The van der Waals surface area contributed by atoms with E-state index in [1.165, 1.54) is 17.4 Å². The van der Waals surface area contributed by atoms with Crippen LogP contribution >= 0.6 is 11.3 Å². The Kier molecular flexibility index (Phi) is 6.00. The fraction of sp³-hybridized carbons (Fsp3) is 0.444. The highest BCUT2D eigenvalue weighted by Crippen LogP contribution is 2.34. The SMILES string of the molecule is COc1cccc2sc(C(OC(C=C=O)N3CCCCC3)C(=O)O)nc12. The molecule has 1 aromatic carbocycles. The second kappa shape index (κ2) is 8.42. The van der Waals surface area contributed by atoms with Gasteiger partial charge in [-0.3, -0.25) is 4.90 Å². The largest absolute Gasteiger partial charge is 0.494 e. The zero-order chi connectivity index (χ0) is 18.5. The Labute approximate surface area is 154 Å². The van der Waals surface area contributed by atoms with Crippen molar-refractivity contribution in [2.24, 2.45) is 0 Å². The van der Waals surface area contributed by atoms with Gasteiger partial charge < -0.3 is 14.6 Å². The molecule has 2 atom stereocenters. The van der Waals surface area contributed by atoms with Gasteiger partial charge in [0.1, 0.15) is 28.4 Å². The fourth-order valence-electron chi connectivity index (χ4n) is 3.04. The highest BCUT2D eigenvalue weighted by Gasteiger charge is 2.31. The first-order valence-electron chi connectivity index (χ1n) is 8.41. The number of ether oxygens (including phenoxy) is 2. The van der Waals surface area contributed by atoms with Crippen LogP contribution in [0.4, 0.5) is 0 Å². The van der Waals surface area contributed by atoms with Crippen LogP contribution in [0.2, 0.25) is 0 Å². The van der Waals surface area contributed by atoms with Crippen molar-refractivity contribution in [3.8, 4) is 5.75 Å². The minimum Gasteiger partial charge on any atom is -0.494 e. The molecule has 1 N–H and O–H groups in total. The summed E-state index contributed by atoms with van der Waals surface area (Å²) in [5, 5.41) is 9.99. The van der Waals surface area contributed by atoms with Gasteiger partial charge in [0.05, 0.1) is 11.8 Å². The normalized spacial score (nSPS) is 17.4. The zero-order valence-corrected chi connectivity index (χ0v) is 15.2. The molecule has 1 saturated heterocycles. The molecule has 0 bridgehead atoms. The van der Waals surface area contributed by atoms with Crippen molar-refractivity contribution in [3.63, 3.8) is 0 Å². The van der Waals surface area contributed by atoms with Crippen molar-refractivity contribution in [2.75, 3.05) is 20.2 Å². The number of hydrogen-bond acceptors (Lipinski definition) is 7. The average molecular weight is 376 g/mol. The number of aliphatic carboxylic acids is 1. The number of para-hydroxylation sites is 1. The maximum absolute atomic E-state index is 11.8. The molecule has 2 unspecified atom stereocenters. The average Bonchev–Trinajstić information content (AvgIpc) is 3.09. The lowest BCUT2D eigenvalue weighted by Gasteiger charge is -2.32. The molecule has 2 aromatic rings. The number of fused-ring (bicyclic) bond motifs is 1. The van der Waals surface area contributed by atoms with Crippen molar-refractivity contribution in [3.05, 3.63) is 29.3 Å². The van der Waals surface area contributed by atoms with E-state index in [4.69, 9.17) is 9.47 Å². The number of nitrogens with zero attached hydrogens (tertiary/aromatic N) is 2. The molecule has 1 aromatic heterocycles. The first kappa shape index (κ1) is 18.5. The molecule has 138 valence electrons. The number of likely N-dealkylation sites (tertiary alicyclic amines) is 1. The number of hydrogen-bond donors (Lipinski definition) is 1. The van der Waals surface area contributed by atoms with Gasteiger partial charge >= 0.3 is 5.97 Å². The highest BCUT2D eigenvalue weighted by molar-refractivity contribution is 7.18. The number of benzene rings is 1. The van der Waals surface area contributed by atoms with Gasteiger partial charge in [-0.1, -0.05) is 12.5 Å². The second-order valence-electron chi connectivity index (χ2n) is 5.99. The van der Waals surface area contributed by atoms with Crippen LogP contribution in [-0.4, -0.2) is 53.3 Å². The highest BCUT2D eigenvalue weighted by atomic mass is 32.1. The second-order valence-corrected chi connectivity index (χ2v) is 7.05. The van der Waals surface area contributed by atoms with Crippen LogP contribution in [-0.2, 0) is 14.3 Å². The van der Waals surface area contributed by atoms with Crippen molar-refractivity contribution in [1.29, 1.82) is 0 Å². The Morgan fingerprint density at radius 1 is 1.38 bits per heavy atom. The Morgan fingerprint density at radius 3 is 2.81 bits per heavy atom. The summed E-state index contributed by atoms with van der Waals surface area (Å²) in [5.41, 5.74) is 0.602. The molecule has 0 saturated carbocycles. The lowest BCUT2D eigenvalue weighted by Crippen LogP contribution is -2.41. The summed E-state index contributed by atoms with van der Waals surface area (Å²) in [7, 11) is 1.54. The monoisotopic (exact) mass is 376 g/mol. The Balaban J connectivity index is 1.90. The summed E-state index contributed by atoms with van der Waals surface area (Å²) >= 11 is 1.24. The van der Waals surface area contributed by atoms with E-state index in [-0.39, 0.29) is 0 Å². The van der Waals surface area contributed by atoms with Crippen LogP contribution < -0.4 is 4.74 Å². The van der Waals surface area contributed by atoms with E-state index in [0.29, 0.717) is 16.3 Å². The van der Waals surface area contributed by atoms with E-state index in [9.17, 15) is 14.7 Å². The molecule has 1 fully saturated rings. The quantitative estimate of drug-likeness (QED) is 0.743. The standard InChI is InChI=1S/C18H20N2O5S/c1-24-12-6-5-7-13-15(12)19-17(26-13)16(18(22)23)25-14(8-11-21)20-9-3-2-4-10-20/h5-8,14,16H,2-4,9-10H2,1H3,(H,22,23). The number of carbonyl (C=O) groups excluding carboxylic acids is 1. The fourth-order valence-corrected chi connectivity index (χ4v) is 4.06. The Hall–Kier alpha value is -2.25. The number of carboxylic acids is 1. The topological polar surface area (TPSA) is 89.0 Å². The molecule has 0 spiro atoms. The van der Waals surface area contributed by atoms with Gasteiger partial charge in [-0.15, -0.1) is 11.3 Å². The number of methoxy groups -OCH3 is 1. The van der Waals surface area contributed by atoms with E-state index >= 15 is 0 Å². The number of rotatable bonds is 7. The molecule has 26 heavy (non-hydrogen) atoms.